The predicted octanol–water partition coefficient (Wildman–Crippen LogP) is 2.52. The molecule has 0 spiro atoms. The highest BCUT2D eigenvalue weighted by atomic mass is 19.2. The first-order valence-corrected chi connectivity index (χ1v) is 6.02. The normalized spacial score (nSPS) is 11.7. The van der Waals surface area contributed by atoms with Gasteiger partial charge in [0.05, 0.1) is 0 Å². The fourth-order valence-electron chi connectivity index (χ4n) is 1.78. The van der Waals surface area contributed by atoms with Crippen molar-refractivity contribution in [3.05, 3.63) is 71.3 Å². The lowest BCUT2D eigenvalue weighted by atomic mass is 10.1. The average molecular weight is 291 g/mol. The first-order valence-electron chi connectivity index (χ1n) is 6.02. The fraction of sp³-hybridized carbons (Fsp3) is 0.0667. The molecule has 4 nitrogen and oxygen atoms in total. The third-order valence-corrected chi connectivity index (χ3v) is 2.84. The van der Waals surface area contributed by atoms with Gasteiger partial charge in [-0.25, -0.2) is 13.6 Å². The molecule has 0 radical (unpaired) electrons. The van der Waals surface area contributed by atoms with Crippen molar-refractivity contribution in [3.63, 3.8) is 0 Å². The number of aliphatic carboxylic acids is 1. The molecule has 0 aliphatic rings. The molecule has 21 heavy (non-hydrogen) atoms. The number of rotatable bonds is 4. The lowest BCUT2D eigenvalue weighted by molar-refractivity contribution is -0.139. The Bertz CT molecular complexity index is 674. The molecule has 2 N–H and O–H groups in total. The van der Waals surface area contributed by atoms with Crippen molar-refractivity contribution in [3.8, 4) is 0 Å². The van der Waals surface area contributed by atoms with Crippen molar-refractivity contribution in [1.82, 2.24) is 5.32 Å². The van der Waals surface area contributed by atoms with Gasteiger partial charge in [0.25, 0.3) is 5.91 Å². The molecule has 0 fully saturated rings. The van der Waals surface area contributed by atoms with Crippen LogP contribution >= 0.6 is 0 Å². The number of hydrogen-bond acceptors (Lipinski definition) is 2. The van der Waals surface area contributed by atoms with E-state index in [1.54, 1.807) is 30.3 Å². The zero-order valence-corrected chi connectivity index (χ0v) is 10.7. The molecule has 6 heteroatoms. The van der Waals surface area contributed by atoms with Gasteiger partial charge in [-0.05, 0) is 23.8 Å². The summed E-state index contributed by atoms with van der Waals surface area (Å²) in [5.74, 6) is -4.30. The zero-order valence-electron chi connectivity index (χ0n) is 10.7. The van der Waals surface area contributed by atoms with Gasteiger partial charge < -0.3 is 10.4 Å². The highest BCUT2D eigenvalue weighted by molar-refractivity contribution is 5.96. The molecule has 108 valence electrons. The smallest absolute Gasteiger partial charge is 0.330 e. The molecule has 0 saturated carbocycles. The molecule has 2 aromatic carbocycles. The van der Waals surface area contributed by atoms with Crippen molar-refractivity contribution in [1.29, 1.82) is 0 Å². The number of hydrogen-bond donors (Lipinski definition) is 2. The Morgan fingerprint density at radius 2 is 1.67 bits per heavy atom. The van der Waals surface area contributed by atoms with E-state index in [0.717, 1.165) is 12.1 Å². The molecule has 0 heterocycles. The molecular weight excluding hydrogens is 280 g/mol. The maximum absolute atomic E-state index is 13.1. The molecule has 2 rings (SSSR count). The van der Waals surface area contributed by atoms with Crippen LogP contribution in [0.2, 0.25) is 0 Å². The van der Waals surface area contributed by atoms with E-state index in [0.29, 0.717) is 11.6 Å². The molecular formula is C15H11F2NO3. The van der Waals surface area contributed by atoms with Gasteiger partial charge in [0, 0.05) is 5.56 Å². The molecule has 2 aromatic rings. The summed E-state index contributed by atoms with van der Waals surface area (Å²) in [6, 6.07) is 9.40. The summed E-state index contributed by atoms with van der Waals surface area (Å²) in [4.78, 5) is 23.2. The van der Waals surface area contributed by atoms with Crippen molar-refractivity contribution >= 4 is 11.9 Å². The van der Waals surface area contributed by atoms with E-state index in [4.69, 9.17) is 0 Å². The second kappa shape index (κ2) is 6.13. The zero-order chi connectivity index (χ0) is 15.4. The molecule has 0 aliphatic heterocycles. The quantitative estimate of drug-likeness (QED) is 0.909. The lowest BCUT2D eigenvalue weighted by Gasteiger charge is -2.15. The first kappa shape index (κ1) is 14.6. The predicted molar refractivity (Wildman–Crippen MR) is 70.6 cm³/mol. The molecule has 0 bridgehead atoms. The Morgan fingerprint density at radius 1 is 1.00 bits per heavy atom. The Hall–Kier alpha value is -2.76. The van der Waals surface area contributed by atoms with Crippen LogP contribution in [0.15, 0.2) is 48.5 Å². The highest BCUT2D eigenvalue weighted by Crippen LogP contribution is 2.15. The van der Waals surface area contributed by atoms with Gasteiger partial charge in [0.2, 0.25) is 0 Å². The summed E-state index contributed by atoms with van der Waals surface area (Å²) in [5.41, 5.74) is 0.219. The second-order valence-corrected chi connectivity index (χ2v) is 4.28. The van der Waals surface area contributed by atoms with E-state index >= 15 is 0 Å². The largest absolute Gasteiger partial charge is 0.479 e. The third kappa shape index (κ3) is 3.42. The maximum Gasteiger partial charge on any atom is 0.330 e. The van der Waals surface area contributed by atoms with E-state index in [-0.39, 0.29) is 5.56 Å². The Morgan fingerprint density at radius 3 is 2.24 bits per heavy atom. The first-order chi connectivity index (χ1) is 9.99. The van der Waals surface area contributed by atoms with Crippen molar-refractivity contribution < 1.29 is 23.5 Å². The van der Waals surface area contributed by atoms with Gasteiger partial charge in [-0.15, -0.1) is 0 Å². The van der Waals surface area contributed by atoms with Crippen LogP contribution in [0, 0.1) is 11.6 Å². The SMILES string of the molecule is O=C(N[C@H](C(=O)O)c1ccccc1)c1ccc(F)c(F)c1. The Balaban J connectivity index is 2.23. The van der Waals surface area contributed by atoms with Crippen LogP contribution in [-0.2, 0) is 4.79 Å². The Kier molecular flexibility index (Phi) is 4.27. The number of carbonyl (C=O) groups is 2. The summed E-state index contributed by atoms with van der Waals surface area (Å²) in [6.07, 6.45) is 0. The second-order valence-electron chi connectivity index (χ2n) is 4.28. The number of carboxylic acid groups (broad SMARTS) is 1. The molecule has 0 saturated heterocycles. The minimum absolute atomic E-state index is 0.156. The van der Waals surface area contributed by atoms with Gasteiger partial charge in [0.1, 0.15) is 0 Å². The van der Waals surface area contributed by atoms with Crippen LogP contribution in [0.5, 0.6) is 0 Å². The number of halogens is 2. The monoisotopic (exact) mass is 291 g/mol. The van der Waals surface area contributed by atoms with E-state index in [1.165, 1.54) is 0 Å². The van der Waals surface area contributed by atoms with Crippen molar-refractivity contribution in [2.45, 2.75) is 6.04 Å². The summed E-state index contributed by atoms with van der Waals surface area (Å²) in [5, 5.41) is 11.4. The van der Waals surface area contributed by atoms with E-state index in [9.17, 15) is 23.5 Å². The summed E-state index contributed by atoms with van der Waals surface area (Å²) in [6.45, 7) is 0. The summed E-state index contributed by atoms with van der Waals surface area (Å²) < 4.78 is 25.9. The average Bonchev–Trinajstić information content (AvgIpc) is 2.48. The standard InChI is InChI=1S/C15H11F2NO3/c16-11-7-6-10(8-12(11)17)14(19)18-13(15(20)21)9-4-2-1-3-5-9/h1-8,13H,(H,18,19)(H,20,21)/t13-/m0/s1. The van der Waals surface area contributed by atoms with Crippen molar-refractivity contribution in [2.75, 3.05) is 0 Å². The number of carboxylic acids is 1. The van der Waals surface area contributed by atoms with Gasteiger partial charge in [-0.1, -0.05) is 30.3 Å². The van der Waals surface area contributed by atoms with Gasteiger partial charge >= 0.3 is 5.97 Å². The molecule has 1 amide bonds. The maximum atomic E-state index is 13.1. The number of carbonyl (C=O) groups excluding carboxylic acids is 1. The van der Waals surface area contributed by atoms with Gasteiger partial charge in [-0.2, -0.15) is 0 Å². The minimum atomic E-state index is -1.27. The van der Waals surface area contributed by atoms with Crippen LogP contribution < -0.4 is 5.32 Å². The number of benzene rings is 2. The molecule has 0 unspecified atom stereocenters. The van der Waals surface area contributed by atoms with Gasteiger partial charge in [-0.3, -0.25) is 4.79 Å². The Labute approximate surface area is 119 Å². The summed E-state index contributed by atoms with van der Waals surface area (Å²) >= 11 is 0. The topological polar surface area (TPSA) is 66.4 Å². The number of nitrogens with one attached hydrogen (secondary N) is 1. The molecule has 0 aromatic heterocycles. The molecule has 0 aliphatic carbocycles. The van der Waals surface area contributed by atoms with Crippen LogP contribution in [0.25, 0.3) is 0 Å². The number of amides is 1. The highest BCUT2D eigenvalue weighted by Gasteiger charge is 2.22. The van der Waals surface area contributed by atoms with Crippen LogP contribution in [0.4, 0.5) is 8.78 Å². The van der Waals surface area contributed by atoms with Crippen LogP contribution in [0.1, 0.15) is 22.0 Å². The fourth-order valence-corrected chi connectivity index (χ4v) is 1.78. The summed E-state index contributed by atoms with van der Waals surface area (Å²) in [7, 11) is 0. The minimum Gasteiger partial charge on any atom is -0.479 e. The lowest BCUT2D eigenvalue weighted by Crippen LogP contribution is -2.33. The van der Waals surface area contributed by atoms with E-state index in [2.05, 4.69) is 5.32 Å². The third-order valence-electron chi connectivity index (χ3n) is 2.84. The van der Waals surface area contributed by atoms with Gasteiger partial charge in [0.15, 0.2) is 17.7 Å². The van der Waals surface area contributed by atoms with Crippen LogP contribution in [-0.4, -0.2) is 17.0 Å². The van der Waals surface area contributed by atoms with E-state index in [1.807, 2.05) is 0 Å². The van der Waals surface area contributed by atoms with Crippen LogP contribution in [0.3, 0.4) is 0 Å². The van der Waals surface area contributed by atoms with Crippen molar-refractivity contribution in [2.24, 2.45) is 0 Å². The van der Waals surface area contributed by atoms with E-state index < -0.39 is 29.6 Å². The molecule has 1 atom stereocenters.